The van der Waals surface area contributed by atoms with E-state index >= 15 is 0 Å². The standard InChI is InChI=1S/C9H9F2NO3/c1-14-7-3-2-5(4-6(7)12)8(13)15-9(10)11/h2-4,9H,12H2,1H3. The van der Waals surface area contributed by atoms with Crippen molar-refractivity contribution in [3.8, 4) is 5.75 Å². The topological polar surface area (TPSA) is 61.5 Å². The Kier molecular flexibility index (Phi) is 3.43. The molecule has 6 heteroatoms. The Morgan fingerprint density at radius 3 is 2.60 bits per heavy atom. The molecule has 0 amide bonds. The zero-order valence-electron chi connectivity index (χ0n) is 7.87. The van der Waals surface area contributed by atoms with Crippen LogP contribution in [0.1, 0.15) is 10.4 Å². The maximum Gasteiger partial charge on any atom is 0.389 e. The van der Waals surface area contributed by atoms with E-state index < -0.39 is 12.6 Å². The van der Waals surface area contributed by atoms with Crippen LogP contribution < -0.4 is 10.5 Å². The van der Waals surface area contributed by atoms with Crippen LogP contribution in [0.5, 0.6) is 5.75 Å². The van der Waals surface area contributed by atoms with Crippen molar-refractivity contribution in [1.82, 2.24) is 0 Å². The highest BCUT2D eigenvalue weighted by molar-refractivity contribution is 5.91. The summed E-state index contributed by atoms with van der Waals surface area (Å²) in [5.74, 6) is -0.761. The molecular formula is C9H9F2NO3. The normalized spacial score (nSPS) is 10.1. The molecule has 0 saturated heterocycles. The summed E-state index contributed by atoms with van der Waals surface area (Å²) in [4.78, 5) is 11.0. The van der Waals surface area contributed by atoms with Crippen LogP contribution in [0, 0.1) is 0 Å². The van der Waals surface area contributed by atoms with Gasteiger partial charge in [-0.1, -0.05) is 0 Å². The SMILES string of the molecule is COc1ccc(C(=O)OC(F)F)cc1N. The Morgan fingerprint density at radius 2 is 2.13 bits per heavy atom. The van der Waals surface area contributed by atoms with Crippen molar-refractivity contribution in [1.29, 1.82) is 0 Å². The number of hydrogen-bond acceptors (Lipinski definition) is 4. The van der Waals surface area contributed by atoms with Gasteiger partial charge in [0.05, 0.1) is 18.4 Å². The Balaban J connectivity index is 2.87. The van der Waals surface area contributed by atoms with Gasteiger partial charge in [0.2, 0.25) is 0 Å². The molecule has 0 spiro atoms. The number of carbonyl (C=O) groups excluding carboxylic acids is 1. The van der Waals surface area contributed by atoms with Gasteiger partial charge in [0.15, 0.2) is 0 Å². The maximum absolute atomic E-state index is 11.7. The molecular weight excluding hydrogens is 208 g/mol. The van der Waals surface area contributed by atoms with Crippen LogP contribution in [0.2, 0.25) is 0 Å². The molecule has 0 unspecified atom stereocenters. The number of anilines is 1. The summed E-state index contributed by atoms with van der Waals surface area (Å²) >= 11 is 0. The molecule has 1 aromatic rings. The van der Waals surface area contributed by atoms with Crippen molar-refractivity contribution < 1.29 is 23.0 Å². The van der Waals surface area contributed by atoms with Gasteiger partial charge in [0.25, 0.3) is 0 Å². The largest absolute Gasteiger partial charge is 0.495 e. The van der Waals surface area contributed by atoms with Gasteiger partial charge in [0, 0.05) is 0 Å². The molecule has 15 heavy (non-hydrogen) atoms. The third-order valence-electron chi connectivity index (χ3n) is 1.66. The molecule has 0 aliphatic rings. The summed E-state index contributed by atoms with van der Waals surface area (Å²) in [5, 5.41) is 0. The van der Waals surface area contributed by atoms with Gasteiger partial charge in [0.1, 0.15) is 5.75 Å². The second-order valence-corrected chi connectivity index (χ2v) is 2.62. The monoisotopic (exact) mass is 217 g/mol. The van der Waals surface area contributed by atoms with Crippen molar-refractivity contribution in [3.63, 3.8) is 0 Å². The van der Waals surface area contributed by atoms with Crippen LogP contribution >= 0.6 is 0 Å². The number of benzene rings is 1. The number of nitrogens with two attached hydrogens (primary N) is 1. The minimum atomic E-state index is -3.14. The van der Waals surface area contributed by atoms with Gasteiger partial charge in [-0.05, 0) is 18.2 Å². The smallest absolute Gasteiger partial charge is 0.389 e. The molecule has 0 saturated carbocycles. The summed E-state index contributed by atoms with van der Waals surface area (Å²) in [6.07, 6.45) is 0. The predicted molar refractivity (Wildman–Crippen MR) is 48.8 cm³/mol. The van der Waals surface area contributed by atoms with Crippen molar-refractivity contribution in [2.45, 2.75) is 6.61 Å². The second-order valence-electron chi connectivity index (χ2n) is 2.62. The predicted octanol–water partition coefficient (Wildman–Crippen LogP) is 1.66. The molecule has 0 aliphatic heterocycles. The molecule has 2 N–H and O–H groups in total. The fourth-order valence-corrected chi connectivity index (χ4v) is 1.01. The summed E-state index contributed by atoms with van der Waals surface area (Å²) in [5.41, 5.74) is 5.61. The molecule has 0 heterocycles. The Bertz CT molecular complexity index is 368. The summed E-state index contributed by atoms with van der Waals surface area (Å²) in [7, 11) is 1.41. The van der Waals surface area contributed by atoms with Gasteiger partial charge in [-0.3, -0.25) is 0 Å². The van der Waals surface area contributed by atoms with Crippen molar-refractivity contribution in [2.24, 2.45) is 0 Å². The summed E-state index contributed by atoms with van der Waals surface area (Å²) < 4.78 is 32.0. The molecule has 0 aliphatic carbocycles. The molecule has 1 aromatic carbocycles. The Labute approximate surface area is 84.6 Å². The molecule has 0 radical (unpaired) electrons. The number of hydrogen-bond donors (Lipinski definition) is 1. The van der Waals surface area contributed by atoms with Crippen molar-refractivity contribution in [3.05, 3.63) is 23.8 Å². The van der Waals surface area contributed by atoms with E-state index in [4.69, 9.17) is 10.5 Å². The number of rotatable bonds is 3. The highest BCUT2D eigenvalue weighted by atomic mass is 19.3. The lowest BCUT2D eigenvalue weighted by Gasteiger charge is -2.06. The van der Waals surface area contributed by atoms with Crippen LogP contribution in [0.3, 0.4) is 0 Å². The molecule has 0 aromatic heterocycles. The third kappa shape index (κ3) is 2.80. The van der Waals surface area contributed by atoms with E-state index in [2.05, 4.69) is 4.74 Å². The van der Waals surface area contributed by atoms with Gasteiger partial charge in [-0.25, -0.2) is 4.79 Å². The minimum Gasteiger partial charge on any atom is -0.495 e. The second kappa shape index (κ2) is 4.59. The first-order valence-corrected chi connectivity index (χ1v) is 3.97. The van der Waals surface area contributed by atoms with E-state index in [9.17, 15) is 13.6 Å². The average molecular weight is 217 g/mol. The molecule has 0 bridgehead atoms. The molecule has 0 fully saturated rings. The molecule has 0 atom stereocenters. The fourth-order valence-electron chi connectivity index (χ4n) is 1.01. The highest BCUT2D eigenvalue weighted by Gasteiger charge is 2.14. The van der Waals surface area contributed by atoms with Crippen molar-refractivity contribution in [2.75, 3.05) is 12.8 Å². The summed E-state index contributed by atoms with van der Waals surface area (Å²) in [6.45, 7) is -3.14. The summed E-state index contributed by atoms with van der Waals surface area (Å²) in [6, 6.07) is 3.90. The highest BCUT2D eigenvalue weighted by Crippen LogP contribution is 2.22. The van der Waals surface area contributed by atoms with Crippen LogP contribution in [0.15, 0.2) is 18.2 Å². The Morgan fingerprint density at radius 1 is 1.47 bits per heavy atom. The van der Waals surface area contributed by atoms with E-state index in [0.29, 0.717) is 5.75 Å². The zero-order valence-corrected chi connectivity index (χ0v) is 7.87. The third-order valence-corrected chi connectivity index (χ3v) is 1.66. The zero-order chi connectivity index (χ0) is 11.4. The van der Waals surface area contributed by atoms with E-state index in [-0.39, 0.29) is 11.3 Å². The first kappa shape index (κ1) is 11.2. The van der Waals surface area contributed by atoms with Gasteiger partial charge >= 0.3 is 12.6 Å². The van der Waals surface area contributed by atoms with Crippen molar-refractivity contribution >= 4 is 11.7 Å². The van der Waals surface area contributed by atoms with Gasteiger partial charge < -0.3 is 15.2 Å². The van der Waals surface area contributed by atoms with Crippen LogP contribution in [0.25, 0.3) is 0 Å². The lowest BCUT2D eigenvalue weighted by atomic mass is 10.2. The number of ether oxygens (including phenoxy) is 2. The number of halogens is 2. The lowest BCUT2D eigenvalue weighted by Crippen LogP contribution is -2.10. The average Bonchev–Trinajstić information content (AvgIpc) is 2.16. The molecule has 1 rings (SSSR count). The maximum atomic E-state index is 11.7. The van der Waals surface area contributed by atoms with E-state index in [1.165, 1.54) is 25.3 Å². The van der Waals surface area contributed by atoms with Crippen LogP contribution in [-0.4, -0.2) is 19.7 Å². The number of alkyl halides is 2. The van der Waals surface area contributed by atoms with E-state index in [1.807, 2.05) is 0 Å². The number of esters is 1. The number of carbonyl (C=O) groups is 1. The first-order chi connectivity index (χ1) is 7.04. The molecule has 82 valence electrons. The van der Waals surface area contributed by atoms with E-state index in [0.717, 1.165) is 0 Å². The lowest BCUT2D eigenvalue weighted by molar-refractivity contribution is -0.0906. The first-order valence-electron chi connectivity index (χ1n) is 3.97. The van der Waals surface area contributed by atoms with Gasteiger partial charge in [-0.15, -0.1) is 0 Å². The molecule has 4 nitrogen and oxygen atoms in total. The Hall–Kier alpha value is -1.85. The number of methoxy groups -OCH3 is 1. The fraction of sp³-hybridized carbons (Fsp3) is 0.222. The van der Waals surface area contributed by atoms with E-state index in [1.54, 1.807) is 0 Å². The van der Waals surface area contributed by atoms with Crippen LogP contribution in [0.4, 0.5) is 14.5 Å². The number of nitrogen functional groups attached to an aromatic ring is 1. The quantitative estimate of drug-likeness (QED) is 0.617. The van der Waals surface area contributed by atoms with Gasteiger partial charge in [-0.2, -0.15) is 8.78 Å². The van der Waals surface area contributed by atoms with Crippen LogP contribution in [-0.2, 0) is 4.74 Å². The minimum absolute atomic E-state index is 0.0476.